The van der Waals surface area contributed by atoms with Crippen LogP contribution in [0, 0.1) is 5.41 Å². The van der Waals surface area contributed by atoms with E-state index in [1.54, 1.807) is 18.1 Å². The average Bonchev–Trinajstić information content (AvgIpc) is 3.37. The van der Waals surface area contributed by atoms with Gasteiger partial charge in [0.05, 0.1) is 11.6 Å². The van der Waals surface area contributed by atoms with Crippen LogP contribution in [0.2, 0.25) is 0 Å². The Hall–Kier alpha value is -2.94. The van der Waals surface area contributed by atoms with E-state index in [1.807, 2.05) is 46.8 Å². The second-order valence-corrected chi connectivity index (χ2v) is 10.5. The Morgan fingerprint density at radius 1 is 1.18 bits per heavy atom. The van der Waals surface area contributed by atoms with Crippen molar-refractivity contribution in [3.8, 4) is 5.75 Å². The molecule has 1 aliphatic heterocycles. The fourth-order valence-electron chi connectivity index (χ4n) is 4.70. The van der Waals surface area contributed by atoms with Crippen molar-refractivity contribution >= 4 is 11.7 Å². The van der Waals surface area contributed by atoms with Gasteiger partial charge in [-0.2, -0.15) is 13.2 Å². The number of unbranched alkanes of at least 4 members (excludes halogenated alkanes) is 1. The molecule has 0 bridgehead atoms. The van der Waals surface area contributed by atoms with E-state index >= 15 is 0 Å². The molecule has 1 aliphatic rings. The molecule has 1 saturated heterocycles. The van der Waals surface area contributed by atoms with Crippen molar-refractivity contribution in [2.75, 3.05) is 20.3 Å². The molecular weight excluding hydrogens is 505 g/mol. The molecule has 1 fully saturated rings. The number of likely N-dealkylation sites (tertiary alicyclic amines) is 1. The topological polar surface area (TPSA) is 83.6 Å². The normalized spacial score (nSPS) is 18.1. The molecule has 0 spiro atoms. The number of alkyl halides is 3. The van der Waals surface area contributed by atoms with Gasteiger partial charge in [0.15, 0.2) is 11.7 Å². The minimum absolute atomic E-state index is 0.0521. The number of allylic oxidation sites excluding steroid dienone is 4. The molecule has 9 heteroatoms. The van der Waals surface area contributed by atoms with Crippen LogP contribution in [0.15, 0.2) is 47.6 Å². The molecule has 0 amide bonds. The summed E-state index contributed by atoms with van der Waals surface area (Å²) in [6, 6.07) is 3.90. The molecule has 0 aromatic heterocycles. The zero-order valence-corrected chi connectivity index (χ0v) is 24.2. The molecule has 0 aliphatic carbocycles. The summed E-state index contributed by atoms with van der Waals surface area (Å²) in [6.07, 6.45) is 6.04. The van der Waals surface area contributed by atoms with Crippen molar-refractivity contribution in [2.45, 2.75) is 91.1 Å². The maximum atomic E-state index is 14.2. The minimum atomic E-state index is -4.59. The first-order chi connectivity index (χ1) is 18.3. The van der Waals surface area contributed by atoms with Gasteiger partial charge in [-0.1, -0.05) is 36.6 Å². The smallest absolute Gasteiger partial charge is 0.419 e. The predicted molar refractivity (Wildman–Crippen MR) is 152 cm³/mol. The van der Waals surface area contributed by atoms with Gasteiger partial charge in [-0.25, -0.2) is 0 Å². The summed E-state index contributed by atoms with van der Waals surface area (Å²) in [6.45, 7) is 10.6. The number of ether oxygens (including phenoxy) is 2. The van der Waals surface area contributed by atoms with Crippen LogP contribution in [-0.2, 0) is 10.9 Å². The number of nitrogens with zero attached hydrogens (tertiary/aromatic N) is 1. The second-order valence-electron chi connectivity index (χ2n) is 10.5. The van der Waals surface area contributed by atoms with E-state index in [-0.39, 0.29) is 24.4 Å². The lowest BCUT2D eigenvalue weighted by molar-refractivity contribution is -0.138. The number of benzene rings is 1. The highest BCUT2D eigenvalue weighted by molar-refractivity contribution is 5.75. The summed E-state index contributed by atoms with van der Waals surface area (Å²) in [5, 5.41) is 11.3. The molecule has 1 aromatic rings. The van der Waals surface area contributed by atoms with Crippen LogP contribution in [0.5, 0.6) is 5.75 Å². The monoisotopic (exact) mass is 550 g/mol. The molecule has 39 heavy (non-hydrogen) atoms. The zero-order chi connectivity index (χ0) is 29.2. The van der Waals surface area contributed by atoms with Gasteiger partial charge in [0, 0.05) is 19.4 Å². The van der Waals surface area contributed by atoms with Crippen LogP contribution < -0.4 is 15.8 Å². The highest BCUT2D eigenvalue weighted by Crippen LogP contribution is 2.38. The van der Waals surface area contributed by atoms with Crippen LogP contribution in [0.3, 0.4) is 0 Å². The molecule has 0 saturated carbocycles. The van der Waals surface area contributed by atoms with Gasteiger partial charge in [0.1, 0.15) is 12.4 Å². The molecule has 2 rings (SSSR count). The summed E-state index contributed by atoms with van der Waals surface area (Å²) < 4.78 is 53.9. The molecule has 1 unspecified atom stereocenters. The maximum absolute atomic E-state index is 14.2. The van der Waals surface area contributed by atoms with Crippen molar-refractivity contribution < 1.29 is 22.6 Å². The fourth-order valence-corrected chi connectivity index (χ4v) is 4.70. The second kappa shape index (κ2) is 14.4. The van der Waals surface area contributed by atoms with Crippen LogP contribution in [-0.4, -0.2) is 42.9 Å². The van der Waals surface area contributed by atoms with Crippen LogP contribution >= 0.6 is 0 Å². The van der Waals surface area contributed by atoms with Crippen LogP contribution in [0.4, 0.5) is 13.2 Å². The number of methoxy groups -OCH3 is 1. The van der Waals surface area contributed by atoms with E-state index in [0.717, 1.165) is 43.7 Å². The Morgan fingerprint density at radius 3 is 2.49 bits per heavy atom. The first kappa shape index (κ1) is 32.3. The van der Waals surface area contributed by atoms with E-state index in [2.05, 4.69) is 11.4 Å². The number of guanidine groups is 1. The van der Waals surface area contributed by atoms with E-state index < -0.39 is 17.5 Å². The molecule has 2 atom stereocenters. The number of halogens is 3. The number of nitrogens with one attached hydrogen (secondary N) is 2. The SMILES string of the molecule is CCC/C=C(/NC(C)(OC)[C@@H]1CCCN1C(=N)N)c1ccc(OC/C=C(\C)CCC=C(C)C)c(C(F)(F)F)c1. The van der Waals surface area contributed by atoms with Gasteiger partial charge in [0.2, 0.25) is 0 Å². The zero-order valence-electron chi connectivity index (χ0n) is 24.2. The Bertz CT molecular complexity index is 1060. The third-order valence-electron chi connectivity index (χ3n) is 7.00. The van der Waals surface area contributed by atoms with Crippen LogP contribution in [0.1, 0.15) is 84.3 Å². The summed E-state index contributed by atoms with van der Waals surface area (Å²) in [7, 11) is 1.55. The van der Waals surface area contributed by atoms with Crippen molar-refractivity contribution in [2.24, 2.45) is 5.73 Å². The molecule has 1 aromatic carbocycles. The van der Waals surface area contributed by atoms with Gasteiger partial charge in [-0.15, -0.1) is 0 Å². The highest BCUT2D eigenvalue weighted by Gasteiger charge is 2.42. The largest absolute Gasteiger partial charge is 0.489 e. The van der Waals surface area contributed by atoms with Crippen LogP contribution in [0.25, 0.3) is 5.70 Å². The number of hydrogen-bond donors (Lipinski definition) is 3. The minimum Gasteiger partial charge on any atom is -0.489 e. The van der Waals surface area contributed by atoms with E-state index in [9.17, 15) is 13.2 Å². The molecule has 218 valence electrons. The number of rotatable bonds is 13. The van der Waals surface area contributed by atoms with Crippen molar-refractivity contribution in [1.82, 2.24) is 10.2 Å². The lowest BCUT2D eigenvalue weighted by Gasteiger charge is -2.41. The van der Waals surface area contributed by atoms with Crippen molar-refractivity contribution in [1.29, 1.82) is 5.41 Å². The van der Waals surface area contributed by atoms with Gasteiger partial charge >= 0.3 is 6.18 Å². The van der Waals surface area contributed by atoms with Gasteiger partial charge in [-0.05, 0) is 89.6 Å². The first-order valence-corrected chi connectivity index (χ1v) is 13.6. The standard InChI is InChI=1S/C30H45F3N4O2/c1-7-8-13-25(36-29(5,38-6)27-14-10-18-37(27)28(34)35)23-15-16-26(24(20-23)30(31,32)33)39-19-17-22(4)12-9-11-21(2)3/h11,13,15-17,20,27,36H,7-10,12,14,18-19H2,1-6H3,(H3,34,35)/b22-17+,25-13+/t27-,29?/m0/s1. The predicted octanol–water partition coefficient (Wildman–Crippen LogP) is 7.23. The average molecular weight is 551 g/mol. The lowest BCUT2D eigenvalue weighted by Crippen LogP contribution is -2.59. The van der Waals surface area contributed by atoms with E-state index in [0.29, 0.717) is 24.2 Å². The van der Waals surface area contributed by atoms with Gasteiger partial charge < -0.3 is 25.4 Å². The Labute approximate surface area is 231 Å². The van der Waals surface area contributed by atoms with Gasteiger partial charge in [-0.3, -0.25) is 5.41 Å². The molecule has 4 N–H and O–H groups in total. The molecule has 6 nitrogen and oxygen atoms in total. The lowest BCUT2D eigenvalue weighted by atomic mass is 9.99. The third-order valence-corrected chi connectivity index (χ3v) is 7.00. The molecule has 0 radical (unpaired) electrons. The van der Waals surface area contributed by atoms with Crippen molar-refractivity contribution in [3.05, 3.63) is 58.7 Å². The first-order valence-electron chi connectivity index (χ1n) is 13.6. The summed E-state index contributed by atoms with van der Waals surface area (Å²) in [5.41, 5.74) is 7.21. The summed E-state index contributed by atoms with van der Waals surface area (Å²) >= 11 is 0. The van der Waals surface area contributed by atoms with Gasteiger partial charge in [0.25, 0.3) is 0 Å². The Kier molecular flexibility index (Phi) is 12.0. The van der Waals surface area contributed by atoms with E-state index in [1.165, 1.54) is 11.6 Å². The molecule has 1 heterocycles. The number of nitrogens with two attached hydrogens (primary N) is 1. The van der Waals surface area contributed by atoms with E-state index in [4.69, 9.17) is 20.6 Å². The fraction of sp³-hybridized carbons (Fsp3) is 0.567. The Balaban J connectivity index is 2.35. The highest BCUT2D eigenvalue weighted by atomic mass is 19.4. The molecular formula is C30H45F3N4O2. The summed E-state index contributed by atoms with van der Waals surface area (Å²) in [5.74, 6) is -0.258. The number of hydrogen-bond acceptors (Lipinski definition) is 4. The van der Waals surface area contributed by atoms with Crippen molar-refractivity contribution in [3.63, 3.8) is 0 Å². The maximum Gasteiger partial charge on any atom is 0.419 e. The third kappa shape index (κ3) is 9.34. The summed E-state index contributed by atoms with van der Waals surface area (Å²) in [4.78, 5) is 1.77. The quantitative estimate of drug-likeness (QED) is 0.104. The Morgan fingerprint density at radius 2 is 1.90 bits per heavy atom.